The van der Waals surface area contributed by atoms with Gasteiger partial charge in [-0.2, -0.15) is 0 Å². The second-order valence-corrected chi connectivity index (χ2v) is 2.28. The number of hydrogen-bond acceptors (Lipinski definition) is 2. The third-order valence-corrected chi connectivity index (χ3v) is 1.40. The molecule has 0 unspecified atom stereocenters. The molecule has 1 aromatic carbocycles. The van der Waals surface area contributed by atoms with Crippen LogP contribution >= 0.6 is 0 Å². The van der Waals surface area contributed by atoms with Crippen molar-refractivity contribution in [2.24, 2.45) is 0 Å². The number of anilines is 1. The molecule has 0 radical (unpaired) electrons. The Morgan fingerprint density at radius 3 is 2.80 bits per heavy atom. The van der Waals surface area contributed by atoms with Gasteiger partial charge in [0.15, 0.2) is 0 Å². The van der Waals surface area contributed by atoms with Gasteiger partial charge in [0.05, 0.1) is 0 Å². The topological polar surface area (TPSA) is 49.9 Å². The van der Waals surface area contributed by atoms with Gasteiger partial charge >= 0.3 is 0 Å². The molecule has 0 bridgehead atoms. The highest BCUT2D eigenvalue weighted by Gasteiger charge is 1.93. The van der Waals surface area contributed by atoms with Gasteiger partial charge in [0, 0.05) is 18.9 Å². The van der Waals surface area contributed by atoms with Gasteiger partial charge in [-0.15, -0.1) is 0 Å². The lowest BCUT2D eigenvalue weighted by Gasteiger charge is -1.98. The Hall–Kier alpha value is -1.31. The second-order valence-electron chi connectivity index (χ2n) is 2.28. The van der Waals surface area contributed by atoms with E-state index < -0.39 is 0 Å². The van der Waals surface area contributed by atoms with Gasteiger partial charge in [0.2, 0.25) is 0 Å². The number of benzene rings is 1. The van der Waals surface area contributed by atoms with E-state index in [0.717, 1.165) is 11.1 Å². The molecule has 0 heterocycles. The van der Waals surface area contributed by atoms with Crippen molar-refractivity contribution in [3.8, 4) is 0 Å². The predicted octanol–water partition coefficient (Wildman–Crippen LogP) is 1.82. The van der Waals surface area contributed by atoms with Crippen molar-refractivity contribution in [2.45, 2.75) is 6.92 Å². The molecule has 2 heteroatoms. The molecular formula is C8H12N2. The minimum atomic E-state index is 0. The Balaban J connectivity index is 0.000001000. The highest BCUT2D eigenvalue weighted by atomic mass is 14.6. The molecule has 0 saturated carbocycles. The van der Waals surface area contributed by atoms with E-state index >= 15 is 0 Å². The van der Waals surface area contributed by atoms with E-state index in [9.17, 15) is 0 Å². The van der Waals surface area contributed by atoms with Crippen molar-refractivity contribution < 1.29 is 1.43 Å². The molecule has 0 atom stereocenters. The first-order chi connectivity index (χ1) is 4.74. The first-order valence-electron chi connectivity index (χ1n) is 3.10. The summed E-state index contributed by atoms with van der Waals surface area (Å²) in [5.41, 5.74) is 8.14. The Kier molecular flexibility index (Phi) is 1.71. The number of nitrogen functional groups attached to an aromatic ring is 1. The van der Waals surface area contributed by atoms with Crippen LogP contribution in [0.4, 0.5) is 5.69 Å². The molecular weight excluding hydrogens is 124 g/mol. The van der Waals surface area contributed by atoms with Crippen molar-refractivity contribution in [3.63, 3.8) is 0 Å². The second kappa shape index (κ2) is 2.52. The number of nitrogens with one attached hydrogen (secondary N) is 1. The molecule has 0 aliphatic carbocycles. The third-order valence-electron chi connectivity index (χ3n) is 1.40. The minimum Gasteiger partial charge on any atom is -0.398 e. The summed E-state index contributed by atoms with van der Waals surface area (Å²) in [6.07, 6.45) is 1.27. The van der Waals surface area contributed by atoms with Crippen LogP contribution in [0, 0.1) is 12.3 Å². The molecule has 0 spiro atoms. The van der Waals surface area contributed by atoms with Gasteiger partial charge in [0.25, 0.3) is 0 Å². The number of rotatable bonds is 1. The van der Waals surface area contributed by atoms with E-state index in [-0.39, 0.29) is 1.43 Å². The van der Waals surface area contributed by atoms with Gasteiger partial charge in [-0.1, -0.05) is 11.6 Å². The lowest BCUT2D eigenvalue weighted by molar-refractivity contribution is 1.45. The Morgan fingerprint density at radius 1 is 1.60 bits per heavy atom. The average Bonchev–Trinajstić information content (AvgIpc) is 1.94. The molecule has 0 amide bonds. The van der Waals surface area contributed by atoms with Gasteiger partial charge < -0.3 is 11.1 Å². The van der Waals surface area contributed by atoms with Gasteiger partial charge in [0.1, 0.15) is 0 Å². The van der Waals surface area contributed by atoms with Crippen LogP contribution in [-0.2, 0) is 0 Å². The maximum atomic E-state index is 6.98. The minimum absolute atomic E-state index is 0. The van der Waals surface area contributed by atoms with Crippen LogP contribution in [0.3, 0.4) is 0 Å². The Morgan fingerprint density at radius 2 is 2.30 bits per heavy atom. The molecule has 0 saturated heterocycles. The summed E-state index contributed by atoms with van der Waals surface area (Å²) in [7, 11) is 0. The maximum Gasteiger partial charge on any atom is 0.0403 e. The summed E-state index contributed by atoms with van der Waals surface area (Å²) in [5, 5.41) is 6.98. The molecule has 3 N–H and O–H groups in total. The largest absolute Gasteiger partial charge is 0.398 e. The fourth-order valence-electron chi connectivity index (χ4n) is 0.819. The van der Waals surface area contributed by atoms with Crippen molar-refractivity contribution in [3.05, 3.63) is 29.3 Å². The quantitative estimate of drug-likeness (QED) is 0.449. The van der Waals surface area contributed by atoms with E-state index in [1.165, 1.54) is 6.21 Å². The fourth-order valence-corrected chi connectivity index (χ4v) is 0.819. The van der Waals surface area contributed by atoms with Crippen LogP contribution in [0.2, 0.25) is 0 Å². The normalized spacial score (nSPS) is 9.30. The summed E-state index contributed by atoms with van der Waals surface area (Å²) in [6.45, 7) is 1.98. The summed E-state index contributed by atoms with van der Waals surface area (Å²) < 4.78 is 0. The van der Waals surface area contributed by atoms with Gasteiger partial charge in [-0.25, -0.2) is 0 Å². The van der Waals surface area contributed by atoms with Crippen molar-refractivity contribution in [2.75, 3.05) is 5.73 Å². The summed E-state index contributed by atoms with van der Waals surface area (Å²) in [6, 6.07) is 5.64. The van der Waals surface area contributed by atoms with Crippen LogP contribution in [0.25, 0.3) is 0 Å². The van der Waals surface area contributed by atoms with E-state index in [0.29, 0.717) is 5.69 Å². The molecule has 0 aromatic heterocycles. The van der Waals surface area contributed by atoms with E-state index in [2.05, 4.69) is 0 Å². The first-order valence-corrected chi connectivity index (χ1v) is 3.10. The molecule has 54 valence electrons. The van der Waals surface area contributed by atoms with Crippen LogP contribution in [-0.4, -0.2) is 6.21 Å². The molecule has 1 rings (SSSR count). The zero-order valence-corrected chi connectivity index (χ0v) is 5.89. The molecule has 0 fully saturated rings. The average molecular weight is 136 g/mol. The zero-order chi connectivity index (χ0) is 7.56. The predicted molar refractivity (Wildman–Crippen MR) is 45.6 cm³/mol. The SMILES string of the molecule is Cc1ccc(N)c(C=N)c1.[HH]. The Labute approximate surface area is 61.7 Å². The molecule has 2 nitrogen and oxygen atoms in total. The van der Waals surface area contributed by atoms with Crippen molar-refractivity contribution >= 4 is 11.9 Å². The number of aryl methyl sites for hydroxylation is 1. The standard InChI is InChI=1S/C8H10N2.H2/c1-6-2-3-8(10)7(4-6)5-9;/h2-5,9H,10H2,1H3;1H. The summed E-state index contributed by atoms with van der Waals surface area (Å²) in [4.78, 5) is 0. The van der Waals surface area contributed by atoms with Gasteiger partial charge in [-0.05, 0) is 19.1 Å². The Bertz CT molecular complexity index is 258. The summed E-state index contributed by atoms with van der Waals surface area (Å²) in [5.74, 6) is 0. The summed E-state index contributed by atoms with van der Waals surface area (Å²) >= 11 is 0. The maximum absolute atomic E-state index is 6.98. The highest BCUT2D eigenvalue weighted by Crippen LogP contribution is 2.10. The highest BCUT2D eigenvalue weighted by molar-refractivity contribution is 5.84. The first kappa shape index (κ1) is 6.81. The molecule has 0 aliphatic rings. The van der Waals surface area contributed by atoms with E-state index in [4.69, 9.17) is 11.1 Å². The molecule has 0 aliphatic heterocycles. The van der Waals surface area contributed by atoms with Crippen molar-refractivity contribution in [1.29, 1.82) is 5.41 Å². The zero-order valence-electron chi connectivity index (χ0n) is 5.89. The number of hydrogen-bond donors (Lipinski definition) is 2. The van der Waals surface area contributed by atoms with E-state index in [1.807, 2.05) is 25.1 Å². The van der Waals surface area contributed by atoms with E-state index in [1.54, 1.807) is 0 Å². The fraction of sp³-hybridized carbons (Fsp3) is 0.125. The molecule has 1 aromatic rings. The monoisotopic (exact) mass is 136 g/mol. The van der Waals surface area contributed by atoms with Crippen molar-refractivity contribution in [1.82, 2.24) is 0 Å². The van der Waals surface area contributed by atoms with Crippen LogP contribution in [0.5, 0.6) is 0 Å². The lowest BCUT2D eigenvalue weighted by atomic mass is 10.1. The molecule has 10 heavy (non-hydrogen) atoms. The van der Waals surface area contributed by atoms with Crippen LogP contribution in [0.1, 0.15) is 12.6 Å². The third kappa shape index (κ3) is 1.16. The smallest absolute Gasteiger partial charge is 0.0403 e. The van der Waals surface area contributed by atoms with Crippen LogP contribution in [0.15, 0.2) is 18.2 Å². The lowest BCUT2D eigenvalue weighted by Crippen LogP contribution is -1.92. The van der Waals surface area contributed by atoms with Crippen LogP contribution < -0.4 is 5.73 Å². The number of nitrogens with two attached hydrogens (primary N) is 1. The van der Waals surface area contributed by atoms with Gasteiger partial charge in [-0.3, -0.25) is 0 Å².